The molecule has 0 aliphatic heterocycles. The number of benzene rings is 1. The van der Waals surface area contributed by atoms with Crippen molar-refractivity contribution in [2.75, 3.05) is 0 Å². The summed E-state index contributed by atoms with van der Waals surface area (Å²) < 4.78 is 0. The first-order valence-corrected chi connectivity index (χ1v) is 6.69. The third-order valence-corrected chi connectivity index (χ3v) is 3.32. The number of aromatic carboxylic acids is 1. The quantitative estimate of drug-likeness (QED) is 0.770. The summed E-state index contributed by atoms with van der Waals surface area (Å²) in [5.41, 5.74) is 1.09. The van der Waals surface area contributed by atoms with Crippen molar-refractivity contribution in [2.45, 2.75) is 32.1 Å². The van der Waals surface area contributed by atoms with Crippen LogP contribution in [0.15, 0.2) is 30.8 Å². The largest absolute Gasteiger partial charge is 2.00 e. The molecular weight excluding hydrogens is 322 g/mol. The number of carboxylic acid groups (broad SMARTS) is 2. The van der Waals surface area contributed by atoms with Crippen molar-refractivity contribution in [1.82, 2.24) is 0 Å². The van der Waals surface area contributed by atoms with E-state index in [1.165, 1.54) is 18.6 Å². The van der Waals surface area contributed by atoms with Crippen LogP contribution in [0, 0.1) is 5.92 Å². The number of carbonyl (C=O) groups is 2. The van der Waals surface area contributed by atoms with E-state index in [0.717, 1.165) is 31.2 Å². The first kappa shape index (κ1) is 19.5. The predicted molar refractivity (Wildman–Crippen MR) is 72.4 cm³/mol. The van der Waals surface area contributed by atoms with E-state index in [1.54, 1.807) is 18.2 Å². The van der Waals surface area contributed by atoms with Crippen LogP contribution < -0.4 is 10.2 Å². The molecule has 0 radical (unpaired) electrons. The van der Waals surface area contributed by atoms with Gasteiger partial charge in [-0.1, -0.05) is 56.2 Å². The van der Waals surface area contributed by atoms with Gasteiger partial charge in [-0.15, -0.1) is 0 Å². The van der Waals surface area contributed by atoms with Gasteiger partial charge in [-0.2, -0.15) is 0 Å². The van der Waals surface area contributed by atoms with Gasteiger partial charge in [-0.05, 0) is 29.9 Å². The van der Waals surface area contributed by atoms with Crippen molar-refractivity contribution >= 4 is 18.0 Å². The molecule has 2 rings (SSSR count). The first-order chi connectivity index (χ1) is 9.54. The number of carbonyl (C=O) groups excluding carboxylic acids is 2. The smallest absolute Gasteiger partial charge is 0.550 e. The van der Waals surface area contributed by atoms with Crippen LogP contribution in [0.25, 0.3) is 6.08 Å². The topological polar surface area (TPSA) is 80.3 Å². The second-order valence-corrected chi connectivity index (χ2v) is 4.77. The van der Waals surface area contributed by atoms with Crippen LogP contribution in [-0.2, 0) is 24.3 Å². The van der Waals surface area contributed by atoms with Crippen LogP contribution in [0.2, 0.25) is 0 Å². The SMILES string of the molecule is C=Cc1ccc(C(=O)[O-])cc1.O=C([O-])C1CCCCC1.[Zn+2]. The van der Waals surface area contributed by atoms with E-state index in [1.807, 2.05) is 0 Å². The van der Waals surface area contributed by atoms with Crippen molar-refractivity contribution < 1.29 is 39.3 Å². The van der Waals surface area contributed by atoms with Crippen molar-refractivity contribution in [3.63, 3.8) is 0 Å². The Morgan fingerprint density at radius 1 is 1.05 bits per heavy atom. The third kappa shape index (κ3) is 7.19. The zero-order valence-corrected chi connectivity index (χ0v) is 15.0. The molecule has 5 heteroatoms. The molecule has 1 aliphatic rings. The van der Waals surface area contributed by atoms with Crippen LogP contribution in [0.4, 0.5) is 0 Å². The molecule has 1 aliphatic carbocycles. The summed E-state index contributed by atoms with van der Waals surface area (Å²) in [4.78, 5) is 20.5. The summed E-state index contributed by atoms with van der Waals surface area (Å²) in [6, 6.07) is 6.34. The Bertz CT molecular complexity index is 462. The van der Waals surface area contributed by atoms with Crippen molar-refractivity contribution in [2.24, 2.45) is 5.92 Å². The number of aliphatic carboxylic acids is 1. The van der Waals surface area contributed by atoms with Gasteiger partial charge in [0.1, 0.15) is 0 Å². The molecule has 21 heavy (non-hydrogen) atoms. The number of hydrogen-bond acceptors (Lipinski definition) is 4. The molecule has 1 saturated carbocycles. The molecule has 1 fully saturated rings. The number of rotatable bonds is 3. The van der Waals surface area contributed by atoms with E-state index in [2.05, 4.69) is 6.58 Å². The van der Waals surface area contributed by atoms with Gasteiger partial charge >= 0.3 is 19.5 Å². The number of carboxylic acids is 2. The van der Waals surface area contributed by atoms with Gasteiger partial charge in [-0.3, -0.25) is 0 Å². The van der Waals surface area contributed by atoms with Crippen LogP contribution in [0.1, 0.15) is 48.0 Å². The van der Waals surface area contributed by atoms with E-state index in [9.17, 15) is 19.8 Å². The Hall–Kier alpha value is -1.48. The van der Waals surface area contributed by atoms with Crippen LogP contribution in [0.5, 0.6) is 0 Å². The molecule has 4 nitrogen and oxygen atoms in total. The molecule has 0 aromatic heterocycles. The summed E-state index contributed by atoms with van der Waals surface area (Å²) in [5, 5.41) is 20.5. The average Bonchev–Trinajstić information content (AvgIpc) is 2.49. The summed E-state index contributed by atoms with van der Waals surface area (Å²) >= 11 is 0. The average molecular weight is 340 g/mol. The standard InChI is InChI=1S/C9H8O2.C7H12O2.Zn/c1-2-7-3-5-8(6-4-7)9(10)11;8-7(9)6-4-2-1-3-5-6;/h2-6H,1H2,(H,10,11);6H,1-5H2,(H,8,9);/q;;+2/p-2. The van der Waals surface area contributed by atoms with Gasteiger partial charge in [-0.25, -0.2) is 0 Å². The van der Waals surface area contributed by atoms with Crippen molar-refractivity contribution in [1.29, 1.82) is 0 Å². The zero-order chi connectivity index (χ0) is 15.0. The van der Waals surface area contributed by atoms with E-state index in [-0.39, 0.29) is 31.0 Å². The van der Waals surface area contributed by atoms with Crippen LogP contribution in [-0.4, -0.2) is 11.9 Å². The minimum Gasteiger partial charge on any atom is -0.550 e. The van der Waals surface area contributed by atoms with Gasteiger partial charge in [0.05, 0.1) is 5.97 Å². The van der Waals surface area contributed by atoms with Gasteiger partial charge in [0.2, 0.25) is 0 Å². The molecule has 1 aromatic rings. The molecular formula is C16H18O4Zn. The summed E-state index contributed by atoms with van der Waals surface area (Å²) in [6.07, 6.45) is 6.66. The Kier molecular flexibility index (Phi) is 9.56. The molecule has 0 saturated heterocycles. The fourth-order valence-electron chi connectivity index (χ4n) is 2.09. The molecule has 108 valence electrons. The zero-order valence-electron chi connectivity index (χ0n) is 12.0. The molecule has 0 N–H and O–H groups in total. The Morgan fingerprint density at radius 3 is 1.90 bits per heavy atom. The maximum Gasteiger partial charge on any atom is 2.00 e. The Labute approximate surface area is 137 Å². The van der Waals surface area contributed by atoms with E-state index in [0.29, 0.717) is 0 Å². The summed E-state index contributed by atoms with van der Waals surface area (Å²) in [6.45, 7) is 3.54. The third-order valence-electron chi connectivity index (χ3n) is 3.32. The minimum absolute atomic E-state index is 0. The first-order valence-electron chi connectivity index (χ1n) is 6.69. The molecule has 0 bridgehead atoms. The molecule has 0 unspecified atom stereocenters. The maximum absolute atomic E-state index is 10.3. The summed E-state index contributed by atoms with van der Waals surface area (Å²) in [5.74, 6) is -2.14. The van der Waals surface area contributed by atoms with Gasteiger partial charge < -0.3 is 19.8 Å². The van der Waals surface area contributed by atoms with Crippen molar-refractivity contribution in [3.05, 3.63) is 42.0 Å². The second-order valence-electron chi connectivity index (χ2n) is 4.77. The summed E-state index contributed by atoms with van der Waals surface area (Å²) in [7, 11) is 0. The molecule has 1 aromatic carbocycles. The van der Waals surface area contributed by atoms with Gasteiger partial charge in [0, 0.05) is 5.97 Å². The van der Waals surface area contributed by atoms with Crippen molar-refractivity contribution in [3.8, 4) is 0 Å². The van der Waals surface area contributed by atoms with E-state index < -0.39 is 11.9 Å². The Morgan fingerprint density at radius 2 is 1.57 bits per heavy atom. The number of hydrogen-bond donors (Lipinski definition) is 0. The van der Waals surface area contributed by atoms with Crippen LogP contribution >= 0.6 is 0 Å². The predicted octanol–water partition coefficient (Wildman–Crippen LogP) is 1.01. The second kappa shape index (κ2) is 10.3. The van der Waals surface area contributed by atoms with E-state index >= 15 is 0 Å². The monoisotopic (exact) mass is 338 g/mol. The fourth-order valence-corrected chi connectivity index (χ4v) is 2.09. The maximum atomic E-state index is 10.3. The normalized spacial score (nSPS) is 14.1. The molecule has 0 amide bonds. The van der Waals surface area contributed by atoms with E-state index in [4.69, 9.17) is 0 Å². The van der Waals surface area contributed by atoms with Gasteiger partial charge in [0.15, 0.2) is 0 Å². The molecule has 0 atom stereocenters. The minimum atomic E-state index is -1.15. The Balaban J connectivity index is 0.000000370. The van der Waals surface area contributed by atoms with Crippen LogP contribution in [0.3, 0.4) is 0 Å². The molecule has 0 spiro atoms. The molecule has 0 heterocycles. The van der Waals surface area contributed by atoms with Gasteiger partial charge in [0.25, 0.3) is 0 Å². The fraction of sp³-hybridized carbons (Fsp3) is 0.375.